The van der Waals surface area contributed by atoms with Gasteiger partial charge in [-0.25, -0.2) is 13.2 Å². The molecule has 0 saturated heterocycles. The first-order chi connectivity index (χ1) is 8.24. The summed E-state index contributed by atoms with van der Waals surface area (Å²) in [6.45, 7) is 0.0286. The highest BCUT2D eigenvalue weighted by Gasteiger charge is 2.40. The maximum absolute atomic E-state index is 13.2. The van der Waals surface area contributed by atoms with Crippen LogP contribution in [0.5, 0.6) is 0 Å². The minimum atomic E-state index is -4.34. The Morgan fingerprint density at radius 2 is 2.00 bits per heavy atom. The van der Waals surface area contributed by atoms with Gasteiger partial charge in [0.1, 0.15) is 5.82 Å². The molecule has 0 atom stereocenters. The number of carbonyl (C=O) groups is 1. The Morgan fingerprint density at radius 3 is 2.56 bits per heavy atom. The number of nitrogens with one attached hydrogen (secondary N) is 1. The fourth-order valence-electron chi connectivity index (χ4n) is 1.18. The van der Waals surface area contributed by atoms with Gasteiger partial charge in [-0.1, -0.05) is 11.6 Å². The lowest BCUT2D eigenvalue weighted by atomic mass is 10.1. The normalized spacial score (nSPS) is 11.7. The zero-order chi connectivity index (χ0) is 13.9. The van der Waals surface area contributed by atoms with E-state index in [9.17, 15) is 26.7 Å². The molecule has 0 heterocycles. The monoisotopic (exact) mass is 267 g/mol. The van der Waals surface area contributed by atoms with Crippen molar-refractivity contribution < 1.29 is 26.7 Å². The summed E-state index contributed by atoms with van der Waals surface area (Å²) in [6.07, 6.45) is -3.89. The van der Waals surface area contributed by atoms with E-state index in [1.807, 2.05) is 0 Å². The smallest absolute Gasteiger partial charge is 0.324 e. The van der Waals surface area contributed by atoms with Crippen molar-refractivity contribution in [2.45, 2.75) is 19.3 Å². The van der Waals surface area contributed by atoms with Gasteiger partial charge in [0.25, 0.3) is 5.91 Å². The molecular weight excluding hydrogens is 257 g/mol. The number of hydrogen-bond acceptors (Lipinski definition) is 1. The molecule has 1 aromatic rings. The summed E-state index contributed by atoms with van der Waals surface area (Å²) in [6, 6.07) is 3.53. The van der Waals surface area contributed by atoms with E-state index in [0.717, 1.165) is 12.1 Å². The van der Waals surface area contributed by atoms with Gasteiger partial charge in [0.2, 0.25) is 0 Å². The van der Waals surface area contributed by atoms with Gasteiger partial charge in [0, 0.05) is 0 Å². The predicted molar refractivity (Wildman–Crippen MR) is 54.4 cm³/mol. The molecule has 0 aliphatic rings. The Labute approximate surface area is 99.8 Å². The molecule has 0 unspecified atom stereocenters. The van der Waals surface area contributed by atoms with Crippen LogP contribution in [0, 0.1) is 12.7 Å². The molecule has 18 heavy (non-hydrogen) atoms. The molecule has 0 radical (unpaired) electrons. The third-order valence-corrected chi connectivity index (χ3v) is 2.17. The first kappa shape index (κ1) is 14.4. The summed E-state index contributed by atoms with van der Waals surface area (Å²) >= 11 is 0. The maximum Gasteiger partial charge on any atom is 0.324 e. The first-order valence-electron chi connectivity index (χ1n) is 4.94. The molecule has 1 rings (SSSR count). The van der Waals surface area contributed by atoms with Gasteiger partial charge in [0.15, 0.2) is 0 Å². The molecule has 0 aromatic heterocycles. The first-order valence-corrected chi connectivity index (χ1v) is 4.94. The lowest BCUT2D eigenvalue weighted by molar-refractivity contribution is -0.123. The number of alkyl halides is 4. The molecule has 1 amide bonds. The van der Waals surface area contributed by atoms with Gasteiger partial charge in [-0.2, -0.15) is 8.78 Å². The van der Waals surface area contributed by atoms with Crippen LogP contribution in [-0.4, -0.2) is 24.8 Å². The predicted octanol–water partition coefficient (Wildman–Crippen LogP) is 2.76. The second-order valence-corrected chi connectivity index (χ2v) is 3.73. The Kier molecular flexibility index (Phi) is 4.26. The highest BCUT2D eigenvalue weighted by molar-refractivity contribution is 5.94. The Balaban J connectivity index is 2.75. The molecule has 0 bridgehead atoms. The van der Waals surface area contributed by atoms with E-state index in [-0.39, 0.29) is 0 Å². The van der Waals surface area contributed by atoms with Crippen LogP contribution in [0.2, 0.25) is 0 Å². The van der Waals surface area contributed by atoms with E-state index >= 15 is 0 Å². The van der Waals surface area contributed by atoms with Crippen molar-refractivity contribution in [1.82, 2.24) is 5.32 Å². The summed E-state index contributed by atoms with van der Waals surface area (Å²) in [5, 5.41) is 1.58. The fraction of sp³-hybridized carbons (Fsp3) is 0.364. The Morgan fingerprint density at radius 1 is 1.39 bits per heavy atom. The SMILES string of the molecule is Cc1ccc(F)c(C(=O)NCC(F)(F)C(F)F)c1. The number of aryl methyl sites for hydroxylation is 1. The van der Waals surface area contributed by atoms with Crippen LogP contribution in [0.4, 0.5) is 22.0 Å². The number of carbonyl (C=O) groups excluding carboxylic acids is 1. The van der Waals surface area contributed by atoms with Gasteiger partial charge in [-0.05, 0) is 19.1 Å². The van der Waals surface area contributed by atoms with Crippen LogP contribution < -0.4 is 5.32 Å². The van der Waals surface area contributed by atoms with Crippen LogP contribution in [0.1, 0.15) is 15.9 Å². The molecule has 1 N–H and O–H groups in total. The molecule has 0 aliphatic heterocycles. The van der Waals surface area contributed by atoms with Crippen molar-refractivity contribution in [3.8, 4) is 0 Å². The Bertz CT molecular complexity index is 447. The van der Waals surface area contributed by atoms with Crippen LogP contribution in [0.25, 0.3) is 0 Å². The zero-order valence-corrected chi connectivity index (χ0v) is 9.31. The third kappa shape index (κ3) is 3.41. The highest BCUT2D eigenvalue weighted by Crippen LogP contribution is 2.21. The fourth-order valence-corrected chi connectivity index (χ4v) is 1.18. The lowest BCUT2D eigenvalue weighted by Gasteiger charge is -2.15. The van der Waals surface area contributed by atoms with Crippen LogP contribution in [0.3, 0.4) is 0 Å². The average molecular weight is 267 g/mol. The molecule has 100 valence electrons. The zero-order valence-electron chi connectivity index (χ0n) is 9.31. The van der Waals surface area contributed by atoms with E-state index < -0.39 is 36.2 Å². The van der Waals surface area contributed by atoms with E-state index in [1.54, 1.807) is 12.2 Å². The van der Waals surface area contributed by atoms with Gasteiger partial charge in [-0.15, -0.1) is 0 Å². The lowest BCUT2D eigenvalue weighted by Crippen LogP contribution is -2.41. The maximum atomic E-state index is 13.2. The molecular formula is C11H10F5NO. The van der Waals surface area contributed by atoms with E-state index in [0.29, 0.717) is 5.56 Å². The number of amides is 1. The second kappa shape index (κ2) is 5.32. The van der Waals surface area contributed by atoms with Gasteiger partial charge >= 0.3 is 12.3 Å². The Hall–Kier alpha value is -1.66. The van der Waals surface area contributed by atoms with E-state index in [4.69, 9.17) is 0 Å². The highest BCUT2D eigenvalue weighted by atomic mass is 19.3. The minimum Gasteiger partial charge on any atom is -0.346 e. The van der Waals surface area contributed by atoms with Crippen LogP contribution in [0.15, 0.2) is 18.2 Å². The number of halogens is 5. The van der Waals surface area contributed by atoms with Gasteiger partial charge in [-0.3, -0.25) is 4.79 Å². The topological polar surface area (TPSA) is 29.1 Å². The van der Waals surface area contributed by atoms with E-state index in [2.05, 4.69) is 0 Å². The summed E-state index contributed by atoms with van der Waals surface area (Å²) in [7, 11) is 0. The largest absolute Gasteiger partial charge is 0.346 e. The van der Waals surface area contributed by atoms with Crippen molar-refractivity contribution in [1.29, 1.82) is 0 Å². The standard InChI is InChI=1S/C11H10F5NO/c1-6-2-3-8(12)7(4-6)9(18)17-5-11(15,16)10(13)14/h2-4,10H,5H2,1H3,(H,17,18). The van der Waals surface area contributed by atoms with Crippen molar-refractivity contribution >= 4 is 5.91 Å². The summed E-state index contributed by atoms with van der Waals surface area (Å²) in [5.74, 6) is -6.40. The van der Waals surface area contributed by atoms with E-state index in [1.165, 1.54) is 6.07 Å². The van der Waals surface area contributed by atoms with Crippen LogP contribution >= 0.6 is 0 Å². The average Bonchev–Trinajstić information content (AvgIpc) is 2.29. The van der Waals surface area contributed by atoms with Crippen molar-refractivity contribution in [3.05, 3.63) is 35.1 Å². The second-order valence-electron chi connectivity index (χ2n) is 3.73. The molecule has 7 heteroatoms. The summed E-state index contributed by atoms with van der Waals surface area (Å²) in [5.41, 5.74) is 0.0854. The van der Waals surface area contributed by atoms with Crippen molar-refractivity contribution in [2.24, 2.45) is 0 Å². The van der Waals surface area contributed by atoms with Crippen molar-refractivity contribution in [3.63, 3.8) is 0 Å². The molecule has 0 spiro atoms. The minimum absolute atomic E-state index is 0.458. The van der Waals surface area contributed by atoms with Crippen LogP contribution in [-0.2, 0) is 0 Å². The number of benzene rings is 1. The quantitative estimate of drug-likeness (QED) is 0.835. The number of rotatable bonds is 4. The van der Waals surface area contributed by atoms with Gasteiger partial charge < -0.3 is 5.32 Å². The molecule has 0 saturated carbocycles. The molecule has 0 fully saturated rings. The molecule has 2 nitrogen and oxygen atoms in total. The summed E-state index contributed by atoms with van der Waals surface area (Å²) < 4.78 is 62.0. The molecule has 0 aliphatic carbocycles. The number of hydrogen-bond donors (Lipinski definition) is 1. The van der Waals surface area contributed by atoms with Crippen molar-refractivity contribution in [2.75, 3.05) is 6.54 Å². The summed E-state index contributed by atoms with van der Waals surface area (Å²) in [4.78, 5) is 11.4. The molecule has 1 aromatic carbocycles. The van der Waals surface area contributed by atoms with Gasteiger partial charge in [0.05, 0.1) is 12.1 Å². The third-order valence-electron chi connectivity index (χ3n) is 2.17.